The molecule has 1 rings (SSSR count). The van der Waals surface area contributed by atoms with Crippen LogP contribution in [0, 0.1) is 0 Å². The van der Waals surface area contributed by atoms with Gasteiger partial charge < -0.3 is 21.3 Å². The molecule has 0 saturated heterocycles. The van der Waals surface area contributed by atoms with E-state index in [4.69, 9.17) is 5.73 Å². The van der Waals surface area contributed by atoms with Crippen molar-refractivity contribution < 1.29 is 9.59 Å². The first-order valence-corrected chi connectivity index (χ1v) is 5.83. The number of thiazole rings is 1. The van der Waals surface area contributed by atoms with Gasteiger partial charge in [0.1, 0.15) is 5.69 Å². The van der Waals surface area contributed by atoms with Crippen molar-refractivity contribution in [2.75, 3.05) is 32.9 Å². The van der Waals surface area contributed by atoms with Crippen molar-refractivity contribution in [2.24, 2.45) is 0 Å². The van der Waals surface area contributed by atoms with E-state index in [1.165, 1.54) is 16.2 Å². The first kappa shape index (κ1) is 13.2. The van der Waals surface area contributed by atoms with Crippen LogP contribution in [0.5, 0.6) is 0 Å². The van der Waals surface area contributed by atoms with Gasteiger partial charge in [-0.15, -0.1) is 11.3 Å². The van der Waals surface area contributed by atoms with Gasteiger partial charge in [-0.1, -0.05) is 0 Å². The van der Waals surface area contributed by atoms with E-state index in [9.17, 15) is 9.59 Å². The Bertz CT molecular complexity index is 404. The number of urea groups is 1. The van der Waals surface area contributed by atoms with Crippen LogP contribution in [0.4, 0.5) is 9.93 Å². The van der Waals surface area contributed by atoms with Crippen LogP contribution < -0.4 is 16.4 Å². The maximum Gasteiger partial charge on any atom is 0.316 e. The minimum absolute atomic E-state index is 0.197. The van der Waals surface area contributed by atoms with Gasteiger partial charge >= 0.3 is 6.03 Å². The number of nitrogen functional groups attached to an aromatic ring is 1. The summed E-state index contributed by atoms with van der Waals surface area (Å²) in [5.74, 6) is -0.294. The fourth-order valence-corrected chi connectivity index (χ4v) is 1.53. The summed E-state index contributed by atoms with van der Waals surface area (Å²) in [4.78, 5) is 27.9. The number of aromatic nitrogens is 1. The average molecular weight is 257 g/mol. The number of anilines is 1. The van der Waals surface area contributed by atoms with E-state index in [1.54, 1.807) is 19.5 Å². The van der Waals surface area contributed by atoms with E-state index >= 15 is 0 Å². The topological polar surface area (TPSA) is 100 Å². The molecule has 0 aliphatic carbocycles. The minimum atomic E-state index is -0.294. The second-order valence-corrected chi connectivity index (χ2v) is 4.34. The van der Waals surface area contributed by atoms with Crippen LogP contribution in [0.2, 0.25) is 0 Å². The van der Waals surface area contributed by atoms with Crippen molar-refractivity contribution in [3.8, 4) is 0 Å². The van der Waals surface area contributed by atoms with Crippen molar-refractivity contribution in [3.63, 3.8) is 0 Å². The lowest BCUT2D eigenvalue weighted by molar-refractivity contribution is 0.0949. The van der Waals surface area contributed by atoms with Crippen molar-refractivity contribution in [1.82, 2.24) is 20.5 Å². The summed E-state index contributed by atoms with van der Waals surface area (Å²) in [6.45, 7) is 0.707. The quantitative estimate of drug-likeness (QED) is 0.646. The van der Waals surface area contributed by atoms with Crippen LogP contribution in [-0.4, -0.2) is 49.0 Å². The molecule has 0 unspecified atom stereocenters. The van der Waals surface area contributed by atoms with Gasteiger partial charge in [0.15, 0.2) is 5.13 Å². The lowest BCUT2D eigenvalue weighted by Crippen LogP contribution is -2.39. The highest BCUT2D eigenvalue weighted by atomic mass is 32.1. The molecule has 8 heteroatoms. The van der Waals surface area contributed by atoms with Gasteiger partial charge in [0.2, 0.25) is 0 Å². The van der Waals surface area contributed by atoms with Crippen LogP contribution in [0.1, 0.15) is 10.5 Å². The molecular formula is C9H15N5O2S. The van der Waals surface area contributed by atoms with E-state index in [-0.39, 0.29) is 11.9 Å². The third-order valence-electron chi connectivity index (χ3n) is 1.85. The molecule has 3 amide bonds. The molecule has 0 radical (unpaired) electrons. The fraction of sp³-hybridized carbons (Fsp3) is 0.444. The lowest BCUT2D eigenvalue weighted by atomic mass is 10.4. The Labute approximate surface area is 103 Å². The number of nitrogens with zero attached hydrogens (tertiary/aromatic N) is 2. The highest BCUT2D eigenvalue weighted by molar-refractivity contribution is 7.13. The SMILES string of the molecule is CN(C)C(=O)NCCNC(=O)c1csc(N)n1. The van der Waals surface area contributed by atoms with Gasteiger partial charge in [-0.3, -0.25) is 4.79 Å². The predicted octanol–water partition coefficient (Wildman–Crippen LogP) is -0.274. The van der Waals surface area contributed by atoms with Gasteiger partial charge in [0, 0.05) is 32.6 Å². The number of rotatable bonds is 4. The Kier molecular flexibility index (Phi) is 4.70. The lowest BCUT2D eigenvalue weighted by Gasteiger charge is -2.11. The maximum atomic E-state index is 11.5. The fourth-order valence-electron chi connectivity index (χ4n) is 0.986. The number of hydrogen-bond donors (Lipinski definition) is 3. The molecule has 0 fully saturated rings. The second-order valence-electron chi connectivity index (χ2n) is 3.45. The molecule has 4 N–H and O–H groups in total. The Hall–Kier alpha value is -1.83. The number of carbonyl (C=O) groups excluding carboxylic acids is 2. The molecule has 0 aromatic carbocycles. The van der Waals surface area contributed by atoms with E-state index in [0.717, 1.165) is 0 Å². The van der Waals surface area contributed by atoms with E-state index in [0.29, 0.717) is 23.9 Å². The van der Waals surface area contributed by atoms with Gasteiger partial charge in [0.25, 0.3) is 5.91 Å². The van der Waals surface area contributed by atoms with Gasteiger partial charge in [-0.2, -0.15) is 0 Å². The summed E-state index contributed by atoms with van der Waals surface area (Å²) in [5, 5.41) is 7.19. The summed E-state index contributed by atoms with van der Waals surface area (Å²) in [5.41, 5.74) is 5.71. The molecule has 0 saturated carbocycles. The van der Waals surface area contributed by atoms with Crippen LogP contribution >= 0.6 is 11.3 Å². The predicted molar refractivity (Wildman–Crippen MR) is 65.9 cm³/mol. The molecule has 94 valence electrons. The molecule has 0 bridgehead atoms. The smallest absolute Gasteiger partial charge is 0.316 e. The van der Waals surface area contributed by atoms with Crippen molar-refractivity contribution in [3.05, 3.63) is 11.1 Å². The minimum Gasteiger partial charge on any atom is -0.375 e. The largest absolute Gasteiger partial charge is 0.375 e. The average Bonchev–Trinajstić information content (AvgIpc) is 2.70. The normalized spacial score (nSPS) is 9.76. The Morgan fingerprint density at radius 3 is 2.59 bits per heavy atom. The summed E-state index contributed by atoms with van der Waals surface area (Å²) in [7, 11) is 3.29. The molecular weight excluding hydrogens is 242 g/mol. The molecule has 1 aromatic rings. The van der Waals surface area contributed by atoms with E-state index < -0.39 is 0 Å². The van der Waals surface area contributed by atoms with Crippen LogP contribution in [-0.2, 0) is 0 Å². The number of nitrogens with one attached hydrogen (secondary N) is 2. The van der Waals surface area contributed by atoms with Gasteiger partial charge in [-0.25, -0.2) is 9.78 Å². The summed E-state index contributed by atoms with van der Waals surface area (Å²) in [6, 6.07) is -0.197. The molecule has 0 atom stereocenters. The molecule has 1 heterocycles. The summed E-state index contributed by atoms with van der Waals surface area (Å²) < 4.78 is 0. The number of hydrogen-bond acceptors (Lipinski definition) is 5. The number of carbonyl (C=O) groups is 2. The van der Waals surface area contributed by atoms with Crippen molar-refractivity contribution >= 4 is 28.4 Å². The van der Waals surface area contributed by atoms with Gasteiger partial charge in [-0.05, 0) is 0 Å². The van der Waals surface area contributed by atoms with E-state index in [1.807, 2.05) is 0 Å². The van der Waals surface area contributed by atoms with E-state index in [2.05, 4.69) is 15.6 Å². The molecule has 1 aromatic heterocycles. The summed E-state index contributed by atoms with van der Waals surface area (Å²) in [6.07, 6.45) is 0. The molecule has 7 nitrogen and oxygen atoms in total. The van der Waals surface area contributed by atoms with Crippen LogP contribution in [0.25, 0.3) is 0 Å². The summed E-state index contributed by atoms with van der Waals surface area (Å²) >= 11 is 1.21. The zero-order valence-electron chi connectivity index (χ0n) is 9.69. The monoisotopic (exact) mass is 257 g/mol. The zero-order chi connectivity index (χ0) is 12.8. The number of amides is 3. The molecule has 17 heavy (non-hydrogen) atoms. The first-order chi connectivity index (χ1) is 8.00. The third-order valence-corrected chi connectivity index (χ3v) is 2.52. The van der Waals surface area contributed by atoms with Crippen molar-refractivity contribution in [2.45, 2.75) is 0 Å². The second kappa shape index (κ2) is 6.04. The van der Waals surface area contributed by atoms with Gasteiger partial charge in [0.05, 0.1) is 0 Å². The molecule has 0 aliphatic heterocycles. The zero-order valence-corrected chi connectivity index (χ0v) is 10.5. The Balaban J connectivity index is 2.23. The number of nitrogens with two attached hydrogens (primary N) is 1. The highest BCUT2D eigenvalue weighted by Crippen LogP contribution is 2.10. The Morgan fingerprint density at radius 2 is 2.06 bits per heavy atom. The standard InChI is InChI=1S/C9H15N5O2S/c1-14(2)9(16)12-4-3-11-7(15)6-5-17-8(10)13-6/h5H,3-4H2,1-2H3,(H2,10,13)(H,11,15)(H,12,16). The maximum absolute atomic E-state index is 11.5. The van der Waals surface area contributed by atoms with Crippen molar-refractivity contribution in [1.29, 1.82) is 0 Å². The first-order valence-electron chi connectivity index (χ1n) is 4.95. The Morgan fingerprint density at radius 1 is 1.41 bits per heavy atom. The molecule has 0 spiro atoms. The third kappa shape index (κ3) is 4.27. The van der Waals surface area contributed by atoms with Crippen LogP contribution in [0.3, 0.4) is 0 Å². The molecule has 0 aliphatic rings. The highest BCUT2D eigenvalue weighted by Gasteiger charge is 2.08. The van der Waals surface area contributed by atoms with Crippen LogP contribution in [0.15, 0.2) is 5.38 Å².